The van der Waals surface area contributed by atoms with Gasteiger partial charge in [0.05, 0.1) is 13.2 Å². The van der Waals surface area contributed by atoms with Gasteiger partial charge in [0.1, 0.15) is 0 Å². The van der Waals surface area contributed by atoms with Crippen LogP contribution in [0.3, 0.4) is 0 Å². The molecule has 4 nitrogen and oxygen atoms in total. The Balaban J connectivity index is 3.22. The summed E-state index contributed by atoms with van der Waals surface area (Å²) in [6, 6.07) is 3.63. The number of rotatable bonds is 5. The van der Waals surface area contributed by atoms with Gasteiger partial charge in [-0.15, -0.1) is 0 Å². The maximum Gasteiger partial charge on any atom is 0.163 e. The average molecular weight is 239 g/mol. The van der Waals surface area contributed by atoms with E-state index in [0.29, 0.717) is 23.8 Å². The molecule has 1 atom stereocenters. The van der Waals surface area contributed by atoms with E-state index in [2.05, 4.69) is 19.2 Å². The molecule has 17 heavy (non-hydrogen) atoms. The van der Waals surface area contributed by atoms with Crippen LogP contribution in [0.4, 0.5) is 0 Å². The van der Waals surface area contributed by atoms with Crippen molar-refractivity contribution in [3.63, 3.8) is 0 Å². The molecule has 3 N–H and O–H groups in total. The van der Waals surface area contributed by atoms with Crippen LogP contribution >= 0.6 is 0 Å². The van der Waals surface area contributed by atoms with Gasteiger partial charge in [0.15, 0.2) is 11.5 Å². The molecule has 0 aliphatic heterocycles. The fourth-order valence-electron chi connectivity index (χ4n) is 1.70. The summed E-state index contributed by atoms with van der Waals surface area (Å²) < 4.78 is 5.12. The highest BCUT2D eigenvalue weighted by molar-refractivity contribution is 5.50. The van der Waals surface area contributed by atoms with Gasteiger partial charge in [0, 0.05) is 12.1 Å². The normalized spacial score (nSPS) is 12.8. The van der Waals surface area contributed by atoms with E-state index in [0.717, 1.165) is 5.56 Å². The number of nitrogens with one attached hydrogen (secondary N) is 1. The molecule has 0 aromatic heterocycles. The first-order valence-electron chi connectivity index (χ1n) is 5.74. The first-order chi connectivity index (χ1) is 8.01. The van der Waals surface area contributed by atoms with Crippen molar-refractivity contribution >= 4 is 0 Å². The van der Waals surface area contributed by atoms with Crippen molar-refractivity contribution in [2.45, 2.75) is 25.9 Å². The molecular formula is C13H21NO3. The summed E-state index contributed by atoms with van der Waals surface area (Å²) in [7, 11) is 3.26. The minimum Gasteiger partial charge on any atom is -0.504 e. The van der Waals surface area contributed by atoms with Crippen molar-refractivity contribution in [2.75, 3.05) is 20.7 Å². The van der Waals surface area contributed by atoms with Crippen LogP contribution in [0.15, 0.2) is 12.1 Å². The second-order valence-electron chi connectivity index (χ2n) is 4.39. The lowest BCUT2D eigenvalue weighted by atomic mass is 9.97. The van der Waals surface area contributed by atoms with Crippen LogP contribution in [0, 0.1) is 0 Å². The Bertz CT molecular complexity index is 377. The van der Waals surface area contributed by atoms with Gasteiger partial charge in [-0.3, -0.25) is 0 Å². The number of aromatic hydroxyl groups is 1. The number of likely N-dealkylation sites (N-methyl/N-ethyl adjacent to an activating group) is 1. The maximum absolute atomic E-state index is 9.98. The van der Waals surface area contributed by atoms with Crippen molar-refractivity contribution < 1.29 is 14.9 Å². The molecule has 96 valence electrons. The third-order valence-corrected chi connectivity index (χ3v) is 2.77. The van der Waals surface area contributed by atoms with Gasteiger partial charge in [-0.05, 0) is 30.7 Å². The summed E-state index contributed by atoms with van der Waals surface area (Å²) >= 11 is 0. The maximum atomic E-state index is 9.98. The number of aliphatic hydroxyl groups is 1. The quantitative estimate of drug-likeness (QED) is 0.733. The highest BCUT2D eigenvalue weighted by Crippen LogP contribution is 2.36. The van der Waals surface area contributed by atoms with Crippen LogP contribution in [-0.2, 0) is 0 Å². The summed E-state index contributed by atoms with van der Waals surface area (Å²) in [5.41, 5.74) is 1.53. The zero-order chi connectivity index (χ0) is 13.0. The Morgan fingerprint density at radius 2 is 2.00 bits per heavy atom. The first-order valence-corrected chi connectivity index (χ1v) is 5.74. The molecule has 1 aromatic carbocycles. The summed E-state index contributed by atoms with van der Waals surface area (Å²) in [6.45, 7) is 4.50. The molecule has 0 radical (unpaired) electrons. The van der Waals surface area contributed by atoms with Crippen molar-refractivity contribution in [2.24, 2.45) is 0 Å². The van der Waals surface area contributed by atoms with Crippen LogP contribution in [0.2, 0.25) is 0 Å². The van der Waals surface area contributed by atoms with E-state index in [4.69, 9.17) is 4.74 Å². The van der Waals surface area contributed by atoms with Crippen LogP contribution < -0.4 is 10.1 Å². The minimum absolute atomic E-state index is 0.0136. The number of hydrogen-bond acceptors (Lipinski definition) is 4. The van der Waals surface area contributed by atoms with Gasteiger partial charge in [-0.2, -0.15) is 0 Å². The Kier molecular flexibility index (Phi) is 4.78. The minimum atomic E-state index is -0.743. The number of aliphatic hydroxyl groups excluding tert-OH is 1. The van der Waals surface area contributed by atoms with E-state index in [1.54, 1.807) is 13.1 Å². The Morgan fingerprint density at radius 1 is 1.35 bits per heavy atom. The zero-order valence-electron chi connectivity index (χ0n) is 10.8. The van der Waals surface area contributed by atoms with Crippen LogP contribution in [0.1, 0.15) is 37.0 Å². The SMILES string of the molecule is CNCC(O)c1cc(C(C)C)cc(OC)c1O. The third kappa shape index (κ3) is 3.11. The molecule has 1 rings (SSSR count). The van der Waals surface area contributed by atoms with E-state index >= 15 is 0 Å². The molecular weight excluding hydrogens is 218 g/mol. The second kappa shape index (κ2) is 5.89. The van der Waals surface area contributed by atoms with E-state index < -0.39 is 6.10 Å². The third-order valence-electron chi connectivity index (χ3n) is 2.77. The molecule has 0 saturated carbocycles. The molecule has 0 saturated heterocycles. The van der Waals surface area contributed by atoms with Crippen molar-refractivity contribution in [3.05, 3.63) is 23.3 Å². The topological polar surface area (TPSA) is 61.7 Å². The molecule has 0 bridgehead atoms. The summed E-state index contributed by atoms with van der Waals surface area (Å²) in [6.07, 6.45) is -0.743. The standard InChI is InChI=1S/C13H21NO3/c1-8(2)9-5-10(11(15)7-14-3)13(16)12(6-9)17-4/h5-6,8,11,14-16H,7H2,1-4H3. The van der Waals surface area contributed by atoms with Crippen molar-refractivity contribution in [1.29, 1.82) is 0 Å². The van der Waals surface area contributed by atoms with Crippen molar-refractivity contribution in [1.82, 2.24) is 5.32 Å². The number of methoxy groups -OCH3 is 1. The fourth-order valence-corrected chi connectivity index (χ4v) is 1.70. The summed E-state index contributed by atoms with van der Waals surface area (Å²) in [5, 5.41) is 22.8. The summed E-state index contributed by atoms with van der Waals surface area (Å²) in [5.74, 6) is 0.728. The number of ether oxygens (including phenoxy) is 1. The van der Waals surface area contributed by atoms with Gasteiger partial charge < -0.3 is 20.3 Å². The van der Waals surface area contributed by atoms with Gasteiger partial charge in [-0.1, -0.05) is 13.8 Å². The Hall–Kier alpha value is -1.26. The van der Waals surface area contributed by atoms with Crippen molar-refractivity contribution in [3.8, 4) is 11.5 Å². The predicted molar refractivity (Wildman–Crippen MR) is 67.6 cm³/mol. The lowest BCUT2D eigenvalue weighted by molar-refractivity contribution is 0.173. The molecule has 1 aromatic rings. The Labute approximate surface area is 102 Å². The highest BCUT2D eigenvalue weighted by atomic mass is 16.5. The van der Waals surface area contributed by atoms with Gasteiger partial charge in [-0.25, -0.2) is 0 Å². The molecule has 0 amide bonds. The van der Waals surface area contributed by atoms with E-state index in [1.165, 1.54) is 7.11 Å². The van der Waals surface area contributed by atoms with Crippen LogP contribution in [-0.4, -0.2) is 30.9 Å². The number of phenolic OH excluding ortho intramolecular Hbond substituents is 1. The first kappa shape index (κ1) is 13.8. The van der Waals surface area contributed by atoms with E-state index in [9.17, 15) is 10.2 Å². The van der Waals surface area contributed by atoms with Crippen LogP contribution in [0.5, 0.6) is 11.5 Å². The lowest BCUT2D eigenvalue weighted by Crippen LogP contribution is -2.17. The summed E-state index contributed by atoms with van der Waals surface area (Å²) in [4.78, 5) is 0. The van der Waals surface area contributed by atoms with E-state index in [1.807, 2.05) is 6.07 Å². The number of phenols is 1. The lowest BCUT2D eigenvalue weighted by Gasteiger charge is -2.17. The second-order valence-corrected chi connectivity index (χ2v) is 4.39. The molecule has 0 spiro atoms. The molecule has 0 fully saturated rings. The monoisotopic (exact) mass is 239 g/mol. The highest BCUT2D eigenvalue weighted by Gasteiger charge is 2.17. The van der Waals surface area contributed by atoms with Crippen LogP contribution in [0.25, 0.3) is 0 Å². The van der Waals surface area contributed by atoms with Gasteiger partial charge in [0.2, 0.25) is 0 Å². The average Bonchev–Trinajstić information content (AvgIpc) is 2.29. The molecule has 1 unspecified atom stereocenters. The van der Waals surface area contributed by atoms with Gasteiger partial charge >= 0.3 is 0 Å². The molecule has 0 heterocycles. The smallest absolute Gasteiger partial charge is 0.163 e. The molecule has 4 heteroatoms. The molecule has 0 aliphatic rings. The van der Waals surface area contributed by atoms with E-state index in [-0.39, 0.29) is 5.75 Å². The zero-order valence-corrected chi connectivity index (χ0v) is 10.8. The predicted octanol–water partition coefficient (Wildman–Crippen LogP) is 1.78. The largest absolute Gasteiger partial charge is 0.504 e. The Morgan fingerprint density at radius 3 is 2.47 bits per heavy atom. The number of benzene rings is 1. The number of hydrogen-bond donors (Lipinski definition) is 3. The van der Waals surface area contributed by atoms with Gasteiger partial charge in [0.25, 0.3) is 0 Å². The molecule has 0 aliphatic carbocycles. The fraction of sp³-hybridized carbons (Fsp3) is 0.538.